The lowest BCUT2D eigenvalue weighted by Gasteiger charge is -2.37. The summed E-state index contributed by atoms with van der Waals surface area (Å²) in [5.74, 6) is 0.557. The van der Waals surface area contributed by atoms with Gasteiger partial charge in [-0.1, -0.05) is 29.8 Å². The second kappa shape index (κ2) is 10.3. The number of hydrogen-bond acceptors (Lipinski definition) is 6. The van der Waals surface area contributed by atoms with Gasteiger partial charge in [0.05, 0.1) is 37.2 Å². The topological polar surface area (TPSA) is 71.9 Å². The molecule has 12 heteroatoms. The van der Waals surface area contributed by atoms with Crippen molar-refractivity contribution in [3.63, 3.8) is 0 Å². The van der Waals surface area contributed by atoms with E-state index in [0.717, 1.165) is 10.4 Å². The summed E-state index contributed by atoms with van der Waals surface area (Å²) in [6.07, 6.45) is -3.63. The third kappa shape index (κ3) is 4.82. The molecule has 0 unspecified atom stereocenters. The molecule has 1 N–H and O–H groups in total. The van der Waals surface area contributed by atoms with E-state index < -0.39 is 18.3 Å². The van der Waals surface area contributed by atoms with Gasteiger partial charge in [0.25, 0.3) is 5.91 Å². The average molecular weight is 550 g/mol. The summed E-state index contributed by atoms with van der Waals surface area (Å²) in [5.41, 5.74) is 1.57. The molecule has 202 valence electrons. The number of amides is 1. The van der Waals surface area contributed by atoms with Crippen LogP contribution < -0.4 is 19.7 Å². The van der Waals surface area contributed by atoms with E-state index in [1.807, 2.05) is 24.3 Å². The molecule has 1 amide bonds. The van der Waals surface area contributed by atoms with Crippen LogP contribution in [0.15, 0.2) is 48.7 Å². The molecule has 0 saturated carbocycles. The molecule has 2 atom stereocenters. The van der Waals surface area contributed by atoms with Gasteiger partial charge in [-0.3, -0.25) is 4.79 Å². The first-order valence-corrected chi connectivity index (χ1v) is 12.5. The maximum absolute atomic E-state index is 14.1. The number of halogens is 4. The monoisotopic (exact) mass is 549 g/mol. The van der Waals surface area contributed by atoms with Crippen molar-refractivity contribution in [3.05, 3.63) is 64.8 Å². The molecular weight excluding hydrogens is 523 g/mol. The highest BCUT2D eigenvalue weighted by atomic mass is 35.5. The van der Waals surface area contributed by atoms with Gasteiger partial charge in [-0.05, 0) is 29.8 Å². The molecule has 1 saturated heterocycles. The first-order valence-electron chi connectivity index (χ1n) is 12.1. The van der Waals surface area contributed by atoms with Gasteiger partial charge < -0.3 is 24.6 Å². The number of anilines is 2. The number of alkyl halides is 3. The van der Waals surface area contributed by atoms with E-state index in [1.165, 1.54) is 20.4 Å². The minimum Gasteiger partial charge on any atom is -0.493 e. The second-order valence-electron chi connectivity index (χ2n) is 9.19. The number of carbonyl (C=O) groups excluding carboxylic acids is 1. The molecule has 1 fully saturated rings. The van der Waals surface area contributed by atoms with Crippen molar-refractivity contribution in [2.75, 3.05) is 50.6 Å². The Morgan fingerprint density at radius 2 is 1.76 bits per heavy atom. The molecule has 0 radical (unpaired) electrons. The minimum atomic E-state index is -4.56. The molecule has 2 aromatic carbocycles. The van der Waals surface area contributed by atoms with Crippen LogP contribution in [0.5, 0.6) is 11.5 Å². The molecule has 5 rings (SSSR count). The number of benzene rings is 2. The Morgan fingerprint density at radius 1 is 1.05 bits per heavy atom. The lowest BCUT2D eigenvalue weighted by Crippen LogP contribution is -2.49. The number of nitrogens with one attached hydrogen (secondary N) is 1. The highest BCUT2D eigenvalue weighted by molar-refractivity contribution is 6.33. The fraction of sp³-hybridized carbons (Fsp3) is 0.385. The second-order valence-corrected chi connectivity index (χ2v) is 9.59. The lowest BCUT2D eigenvalue weighted by molar-refractivity contribution is -0.173. The summed E-state index contributed by atoms with van der Waals surface area (Å²) < 4.78 is 53.9. The molecule has 2 aliphatic heterocycles. The van der Waals surface area contributed by atoms with Crippen LogP contribution in [0.1, 0.15) is 34.4 Å². The molecular formula is C26H27ClF3N5O3. The van der Waals surface area contributed by atoms with Gasteiger partial charge in [0.2, 0.25) is 0 Å². The Balaban J connectivity index is 1.40. The summed E-state index contributed by atoms with van der Waals surface area (Å²) >= 11 is 6.32. The van der Waals surface area contributed by atoms with Gasteiger partial charge in [-0.25, -0.2) is 4.68 Å². The van der Waals surface area contributed by atoms with E-state index in [2.05, 4.69) is 15.3 Å². The smallest absolute Gasteiger partial charge is 0.410 e. The van der Waals surface area contributed by atoms with Gasteiger partial charge in [0.15, 0.2) is 17.5 Å². The predicted octanol–water partition coefficient (Wildman–Crippen LogP) is 5.18. The quantitative estimate of drug-likeness (QED) is 0.473. The van der Waals surface area contributed by atoms with Crippen LogP contribution in [0.25, 0.3) is 0 Å². The van der Waals surface area contributed by atoms with E-state index in [1.54, 1.807) is 23.1 Å². The van der Waals surface area contributed by atoms with Gasteiger partial charge in [-0.15, -0.1) is 0 Å². The summed E-state index contributed by atoms with van der Waals surface area (Å²) in [5, 5.41) is 7.77. The molecule has 0 spiro atoms. The number of fused-ring (bicyclic) bond motifs is 1. The van der Waals surface area contributed by atoms with Crippen molar-refractivity contribution >= 4 is 29.0 Å². The molecule has 3 aromatic rings. The maximum atomic E-state index is 14.1. The number of nitrogens with zero attached hydrogens (tertiary/aromatic N) is 4. The van der Waals surface area contributed by atoms with Gasteiger partial charge >= 0.3 is 6.18 Å². The first kappa shape index (κ1) is 26.0. The number of para-hydroxylation sites is 1. The van der Waals surface area contributed by atoms with Gasteiger partial charge in [-0.2, -0.15) is 18.3 Å². The van der Waals surface area contributed by atoms with Crippen molar-refractivity contribution in [2.24, 2.45) is 0 Å². The summed E-state index contributed by atoms with van der Waals surface area (Å²) in [7, 11) is 2.95. The van der Waals surface area contributed by atoms with Crippen molar-refractivity contribution in [2.45, 2.75) is 24.7 Å². The van der Waals surface area contributed by atoms with Crippen molar-refractivity contribution < 1.29 is 27.4 Å². The zero-order chi connectivity index (χ0) is 27.0. The number of methoxy groups -OCH3 is 2. The number of rotatable bonds is 5. The number of carbonyl (C=O) groups is 1. The van der Waals surface area contributed by atoms with Gasteiger partial charge in [0.1, 0.15) is 11.4 Å². The van der Waals surface area contributed by atoms with Crippen LogP contribution in [0.2, 0.25) is 5.02 Å². The molecule has 3 heterocycles. The standard InChI is InChI=1S/C26H27ClF3N5O3/c1-37-21-8-7-16(13-22(21)38-2)19-14-23(26(28,29)30)35-24(32-19)17(15-31-35)25(36)34-11-9-33(10-12-34)20-6-4-3-5-18(20)27/h3-8,13,15,19,23,32H,9-12,14H2,1-2H3/t19-,23-/m1/s1. The van der Waals surface area contributed by atoms with E-state index in [-0.39, 0.29) is 23.7 Å². The predicted molar refractivity (Wildman–Crippen MR) is 137 cm³/mol. The Kier molecular flexibility index (Phi) is 7.04. The third-order valence-corrected chi connectivity index (χ3v) is 7.36. The summed E-state index contributed by atoms with van der Waals surface area (Å²) in [6, 6.07) is 9.84. The fourth-order valence-corrected chi connectivity index (χ4v) is 5.29. The minimum absolute atomic E-state index is 0.0527. The third-order valence-electron chi connectivity index (χ3n) is 7.04. The number of hydrogen-bond donors (Lipinski definition) is 1. The zero-order valence-corrected chi connectivity index (χ0v) is 21.6. The summed E-state index contributed by atoms with van der Waals surface area (Å²) in [6.45, 7) is 1.89. The Bertz CT molecular complexity index is 1320. The lowest BCUT2D eigenvalue weighted by atomic mass is 9.96. The van der Waals surface area contributed by atoms with Crippen LogP contribution >= 0.6 is 11.6 Å². The summed E-state index contributed by atoms with van der Waals surface area (Å²) in [4.78, 5) is 17.2. The van der Waals surface area contributed by atoms with Crippen LogP contribution in [0.4, 0.5) is 24.7 Å². The van der Waals surface area contributed by atoms with E-state index >= 15 is 0 Å². The average Bonchev–Trinajstić information content (AvgIpc) is 3.35. The van der Waals surface area contributed by atoms with E-state index in [9.17, 15) is 18.0 Å². The van der Waals surface area contributed by atoms with Crippen molar-refractivity contribution in [1.29, 1.82) is 0 Å². The fourth-order valence-electron chi connectivity index (χ4n) is 5.04. The van der Waals surface area contributed by atoms with E-state index in [4.69, 9.17) is 21.1 Å². The largest absolute Gasteiger partial charge is 0.493 e. The van der Waals surface area contributed by atoms with E-state index in [0.29, 0.717) is 48.3 Å². The SMILES string of the molecule is COc1ccc([C@H]2C[C@H](C(F)(F)F)n3ncc(C(=O)N4CCN(c5ccccc5Cl)CC4)c3N2)cc1OC. The Hall–Kier alpha value is -3.60. The highest BCUT2D eigenvalue weighted by Crippen LogP contribution is 2.45. The Labute approximate surface area is 222 Å². The van der Waals surface area contributed by atoms with Crippen LogP contribution in [-0.2, 0) is 0 Å². The van der Waals surface area contributed by atoms with Crippen LogP contribution in [-0.4, -0.2) is 67.2 Å². The van der Waals surface area contributed by atoms with Gasteiger partial charge in [0, 0.05) is 32.6 Å². The van der Waals surface area contributed by atoms with Crippen LogP contribution in [0.3, 0.4) is 0 Å². The Morgan fingerprint density at radius 3 is 2.42 bits per heavy atom. The number of aromatic nitrogens is 2. The molecule has 38 heavy (non-hydrogen) atoms. The maximum Gasteiger partial charge on any atom is 0.410 e. The molecule has 2 aliphatic rings. The zero-order valence-electron chi connectivity index (χ0n) is 20.8. The molecule has 0 bridgehead atoms. The number of piperazine rings is 1. The van der Waals surface area contributed by atoms with Crippen molar-refractivity contribution in [3.8, 4) is 11.5 Å². The molecule has 1 aromatic heterocycles. The molecule has 0 aliphatic carbocycles. The highest BCUT2D eigenvalue weighted by Gasteiger charge is 2.47. The molecule has 8 nitrogen and oxygen atoms in total. The number of ether oxygens (including phenoxy) is 2. The normalized spacial score (nSPS) is 19.5. The van der Waals surface area contributed by atoms with Crippen LogP contribution in [0, 0.1) is 0 Å². The first-order chi connectivity index (χ1) is 18.2. The van der Waals surface area contributed by atoms with Crippen molar-refractivity contribution in [1.82, 2.24) is 14.7 Å².